The van der Waals surface area contributed by atoms with E-state index in [4.69, 9.17) is 19.7 Å². The fourth-order valence-corrected chi connectivity index (χ4v) is 8.69. The van der Waals surface area contributed by atoms with Crippen LogP contribution in [0.3, 0.4) is 0 Å². The van der Waals surface area contributed by atoms with E-state index in [1.54, 1.807) is 0 Å². The Balaban J connectivity index is 1.03. The van der Waals surface area contributed by atoms with Crippen molar-refractivity contribution in [1.29, 1.82) is 0 Å². The number of rotatable bonds is 5. The maximum Gasteiger partial charge on any atom is 0.160 e. The van der Waals surface area contributed by atoms with Gasteiger partial charge in [0.1, 0.15) is 11.5 Å². The van der Waals surface area contributed by atoms with Gasteiger partial charge in [-0.2, -0.15) is 0 Å². The van der Waals surface area contributed by atoms with Gasteiger partial charge in [0.2, 0.25) is 0 Å². The van der Waals surface area contributed by atoms with Crippen LogP contribution in [0.1, 0.15) is 22.3 Å². The highest BCUT2D eigenvalue weighted by molar-refractivity contribution is 5.89. The molecular formula is C52H33N3O. The van der Waals surface area contributed by atoms with Crippen LogP contribution in [0.5, 0.6) is 11.5 Å². The lowest BCUT2D eigenvalue weighted by Crippen LogP contribution is -2.32. The number of pyridine rings is 1. The van der Waals surface area contributed by atoms with Crippen LogP contribution in [0.15, 0.2) is 200 Å². The highest BCUT2D eigenvalue weighted by atomic mass is 16.5. The molecule has 0 N–H and O–H groups in total. The number of fused-ring (bicyclic) bond motifs is 9. The lowest BCUT2D eigenvalue weighted by Gasteiger charge is -2.39. The van der Waals surface area contributed by atoms with Crippen LogP contribution < -0.4 is 4.74 Å². The number of ether oxygens (including phenoxy) is 1. The number of benzene rings is 7. The third-order valence-electron chi connectivity index (χ3n) is 11.2. The zero-order chi connectivity index (χ0) is 37.1. The molecule has 0 atom stereocenters. The molecule has 0 fully saturated rings. The summed E-state index contributed by atoms with van der Waals surface area (Å²) in [7, 11) is 0. The van der Waals surface area contributed by atoms with Crippen LogP contribution in [0.4, 0.5) is 0 Å². The monoisotopic (exact) mass is 715 g/mol. The molecule has 9 aromatic rings. The first-order chi connectivity index (χ1) is 27.7. The van der Waals surface area contributed by atoms with E-state index in [9.17, 15) is 0 Å². The average Bonchev–Trinajstić information content (AvgIpc) is 3.57. The Hall–Kier alpha value is -7.43. The third-order valence-corrected chi connectivity index (χ3v) is 11.2. The Kier molecular flexibility index (Phi) is 7.36. The van der Waals surface area contributed by atoms with E-state index in [2.05, 4.69) is 146 Å². The first-order valence-electron chi connectivity index (χ1n) is 18.9. The molecule has 2 aliphatic rings. The zero-order valence-electron chi connectivity index (χ0n) is 30.3. The van der Waals surface area contributed by atoms with Crippen molar-refractivity contribution in [2.24, 2.45) is 0 Å². The molecule has 0 saturated heterocycles. The van der Waals surface area contributed by atoms with Gasteiger partial charge in [-0.1, -0.05) is 152 Å². The minimum Gasteiger partial charge on any atom is -0.457 e. The number of nitrogens with zero attached hydrogens (tertiary/aromatic N) is 3. The van der Waals surface area contributed by atoms with E-state index in [-0.39, 0.29) is 0 Å². The number of hydrogen-bond donors (Lipinski definition) is 0. The molecule has 1 aliphatic carbocycles. The standard InChI is InChI=1S/C52H33N3O/c1-3-14-34(15-4-1)46-33-47(35-16-5-2-6-17-35)55-51(54-46)40-21-12-20-38(31-40)36-18-11-19-37(30-36)39-27-28-41-45(32-39)52(44-24-13-29-53-50(41)44)42-22-7-9-25-48(42)56-49-26-10-8-23-43(49)52/h1-33H. The van der Waals surface area contributed by atoms with Crippen LogP contribution >= 0.6 is 0 Å². The molecule has 7 aromatic carbocycles. The summed E-state index contributed by atoms with van der Waals surface area (Å²) in [6.07, 6.45) is 1.90. The van der Waals surface area contributed by atoms with Crippen molar-refractivity contribution in [3.63, 3.8) is 0 Å². The minimum atomic E-state index is -0.570. The van der Waals surface area contributed by atoms with E-state index >= 15 is 0 Å². The molecule has 3 heterocycles. The van der Waals surface area contributed by atoms with Crippen molar-refractivity contribution in [1.82, 2.24) is 15.0 Å². The predicted molar refractivity (Wildman–Crippen MR) is 224 cm³/mol. The predicted octanol–water partition coefficient (Wildman–Crippen LogP) is 12.7. The van der Waals surface area contributed by atoms with Crippen LogP contribution in [-0.2, 0) is 5.41 Å². The molecular weight excluding hydrogens is 683 g/mol. The van der Waals surface area contributed by atoms with Crippen molar-refractivity contribution in [3.8, 4) is 78.9 Å². The van der Waals surface area contributed by atoms with Gasteiger partial charge in [0, 0.05) is 39.6 Å². The highest BCUT2D eigenvalue weighted by Crippen LogP contribution is 2.61. The van der Waals surface area contributed by atoms with Gasteiger partial charge in [0.25, 0.3) is 0 Å². The van der Waals surface area contributed by atoms with Crippen molar-refractivity contribution < 1.29 is 4.74 Å². The second kappa shape index (κ2) is 12.9. The maximum absolute atomic E-state index is 6.54. The highest BCUT2D eigenvalue weighted by Gasteiger charge is 2.51. The van der Waals surface area contributed by atoms with Gasteiger partial charge in [-0.3, -0.25) is 4.98 Å². The number of aromatic nitrogens is 3. The lowest BCUT2D eigenvalue weighted by atomic mass is 9.66. The zero-order valence-corrected chi connectivity index (χ0v) is 30.3. The van der Waals surface area contributed by atoms with Crippen molar-refractivity contribution >= 4 is 0 Å². The maximum atomic E-state index is 6.54. The summed E-state index contributed by atoms with van der Waals surface area (Å²) < 4.78 is 6.54. The minimum absolute atomic E-state index is 0.570. The molecule has 0 bridgehead atoms. The van der Waals surface area contributed by atoms with E-state index in [0.717, 1.165) is 84.2 Å². The van der Waals surface area contributed by atoms with Crippen LogP contribution in [-0.4, -0.2) is 15.0 Å². The molecule has 1 spiro atoms. The summed E-state index contributed by atoms with van der Waals surface area (Å²) >= 11 is 0. The fraction of sp³-hybridized carbons (Fsp3) is 0.0192. The van der Waals surface area contributed by atoms with E-state index in [1.165, 1.54) is 11.1 Å². The van der Waals surface area contributed by atoms with Gasteiger partial charge in [-0.05, 0) is 75.8 Å². The summed E-state index contributed by atoms with van der Waals surface area (Å²) in [5.41, 5.74) is 15.6. The summed E-state index contributed by atoms with van der Waals surface area (Å²) in [6.45, 7) is 0. The summed E-state index contributed by atoms with van der Waals surface area (Å²) in [6, 6.07) is 68.1. The van der Waals surface area contributed by atoms with Crippen molar-refractivity contribution in [3.05, 3.63) is 223 Å². The largest absolute Gasteiger partial charge is 0.457 e. The molecule has 0 unspecified atom stereocenters. The molecule has 2 aromatic heterocycles. The molecule has 0 radical (unpaired) electrons. The molecule has 262 valence electrons. The Morgan fingerprint density at radius 3 is 1.48 bits per heavy atom. The smallest absolute Gasteiger partial charge is 0.160 e. The Bertz CT molecular complexity index is 2850. The van der Waals surface area contributed by atoms with Crippen LogP contribution in [0.25, 0.3) is 67.4 Å². The Labute approximate surface area is 325 Å². The Morgan fingerprint density at radius 2 is 0.857 bits per heavy atom. The third kappa shape index (κ3) is 5.04. The first-order valence-corrected chi connectivity index (χ1v) is 18.9. The Morgan fingerprint density at radius 1 is 0.357 bits per heavy atom. The normalized spacial score (nSPS) is 12.9. The van der Waals surface area contributed by atoms with Gasteiger partial charge in [-0.15, -0.1) is 0 Å². The average molecular weight is 716 g/mol. The molecule has 0 saturated carbocycles. The second-order valence-electron chi connectivity index (χ2n) is 14.4. The SMILES string of the molecule is c1ccc(-c2cc(-c3ccccc3)nc(-c3cccc(-c4cccc(-c5ccc6c(c5)C5(c7ccccc7Oc7ccccc75)c5cccnc5-6)c4)c3)n2)cc1. The summed E-state index contributed by atoms with van der Waals surface area (Å²) in [5, 5.41) is 0. The quantitative estimate of drug-likeness (QED) is 0.178. The lowest BCUT2D eigenvalue weighted by molar-refractivity contribution is 0.436. The second-order valence-corrected chi connectivity index (χ2v) is 14.4. The van der Waals surface area contributed by atoms with Crippen LogP contribution in [0.2, 0.25) is 0 Å². The van der Waals surface area contributed by atoms with Crippen molar-refractivity contribution in [2.75, 3.05) is 0 Å². The first kappa shape index (κ1) is 32.0. The van der Waals surface area contributed by atoms with E-state index in [0.29, 0.717) is 5.82 Å². The van der Waals surface area contributed by atoms with Crippen molar-refractivity contribution in [2.45, 2.75) is 5.41 Å². The number of para-hydroxylation sites is 2. The fourth-order valence-electron chi connectivity index (χ4n) is 8.69. The summed E-state index contributed by atoms with van der Waals surface area (Å²) in [4.78, 5) is 15.2. The topological polar surface area (TPSA) is 47.9 Å². The van der Waals surface area contributed by atoms with E-state index in [1.807, 2.05) is 54.7 Å². The van der Waals surface area contributed by atoms with Crippen LogP contribution in [0, 0.1) is 0 Å². The van der Waals surface area contributed by atoms with Gasteiger partial charge in [0.05, 0.1) is 22.5 Å². The van der Waals surface area contributed by atoms with Gasteiger partial charge < -0.3 is 4.74 Å². The number of hydrogen-bond acceptors (Lipinski definition) is 4. The molecule has 4 nitrogen and oxygen atoms in total. The van der Waals surface area contributed by atoms with Gasteiger partial charge >= 0.3 is 0 Å². The molecule has 1 aliphatic heterocycles. The molecule has 11 rings (SSSR count). The molecule has 4 heteroatoms. The molecule has 0 amide bonds. The van der Waals surface area contributed by atoms with Gasteiger partial charge in [-0.25, -0.2) is 9.97 Å². The van der Waals surface area contributed by atoms with E-state index < -0.39 is 5.41 Å². The summed E-state index contributed by atoms with van der Waals surface area (Å²) in [5.74, 6) is 2.43. The molecule has 56 heavy (non-hydrogen) atoms. The van der Waals surface area contributed by atoms with Gasteiger partial charge in [0.15, 0.2) is 5.82 Å².